The molecule has 0 bridgehead atoms. The van der Waals surface area contributed by atoms with Crippen LogP contribution in [0.1, 0.15) is 11.1 Å². The minimum atomic E-state index is -4.83. The summed E-state index contributed by atoms with van der Waals surface area (Å²) in [6.45, 7) is 3.00. The standard InChI is InChI=1S/C23H21F3N2O4S/c1-16-8-9-17(2)21(14-16)28(33(30,31)20-6-4-3-5-7-20)15-22(29)27-18-10-12-19(13-11-18)32-23(24,25)26/h3-14H,15H2,1-2H3,(H,27,29). The number of amides is 1. The number of hydrogen-bond donors (Lipinski definition) is 1. The number of nitrogens with zero attached hydrogens (tertiary/aromatic N) is 1. The molecule has 0 aliphatic carbocycles. The molecule has 0 spiro atoms. The van der Waals surface area contributed by atoms with Crippen LogP contribution in [0.25, 0.3) is 0 Å². The average Bonchev–Trinajstić information content (AvgIpc) is 2.75. The van der Waals surface area contributed by atoms with E-state index in [2.05, 4.69) is 10.1 Å². The van der Waals surface area contributed by atoms with Crippen molar-refractivity contribution in [1.29, 1.82) is 0 Å². The van der Waals surface area contributed by atoms with E-state index in [1.807, 2.05) is 6.07 Å². The number of benzene rings is 3. The van der Waals surface area contributed by atoms with Crippen LogP contribution < -0.4 is 14.4 Å². The topological polar surface area (TPSA) is 75.7 Å². The van der Waals surface area contributed by atoms with Crippen molar-refractivity contribution >= 4 is 27.3 Å². The lowest BCUT2D eigenvalue weighted by Crippen LogP contribution is -2.38. The fourth-order valence-corrected chi connectivity index (χ4v) is 4.58. The second-order valence-electron chi connectivity index (χ2n) is 7.24. The van der Waals surface area contributed by atoms with Gasteiger partial charge in [0.2, 0.25) is 5.91 Å². The number of nitrogens with one attached hydrogen (secondary N) is 1. The largest absolute Gasteiger partial charge is 0.573 e. The maximum Gasteiger partial charge on any atom is 0.573 e. The van der Waals surface area contributed by atoms with E-state index < -0.39 is 34.6 Å². The van der Waals surface area contributed by atoms with Gasteiger partial charge in [0.15, 0.2) is 0 Å². The van der Waals surface area contributed by atoms with E-state index >= 15 is 0 Å². The van der Waals surface area contributed by atoms with Gasteiger partial charge in [-0.25, -0.2) is 8.42 Å². The van der Waals surface area contributed by atoms with Crippen molar-refractivity contribution < 1.29 is 31.1 Å². The van der Waals surface area contributed by atoms with Gasteiger partial charge in [-0.05, 0) is 67.4 Å². The molecule has 174 valence electrons. The van der Waals surface area contributed by atoms with E-state index in [-0.39, 0.29) is 10.6 Å². The zero-order valence-corrected chi connectivity index (χ0v) is 18.6. The van der Waals surface area contributed by atoms with Crippen LogP contribution >= 0.6 is 0 Å². The minimum absolute atomic E-state index is 0.0207. The van der Waals surface area contributed by atoms with Gasteiger partial charge in [-0.15, -0.1) is 13.2 Å². The van der Waals surface area contributed by atoms with Gasteiger partial charge in [0.1, 0.15) is 12.3 Å². The molecule has 0 saturated carbocycles. The molecule has 3 rings (SSSR count). The fourth-order valence-electron chi connectivity index (χ4n) is 3.08. The molecule has 0 aliphatic heterocycles. The lowest BCUT2D eigenvalue weighted by molar-refractivity contribution is -0.274. The number of hydrogen-bond acceptors (Lipinski definition) is 4. The quantitative estimate of drug-likeness (QED) is 0.517. The molecule has 3 aromatic carbocycles. The number of halogens is 3. The Morgan fingerprint density at radius 1 is 0.970 bits per heavy atom. The molecule has 10 heteroatoms. The molecule has 0 fully saturated rings. The Bertz CT molecular complexity index is 1230. The molecule has 0 atom stereocenters. The van der Waals surface area contributed by atoms with E-state index in [1.54, 1.807) is 44.2 Å². The number of alkyl halides is 3. The predicted molar refractivity (Wildman–Crippen MR) is 119 cm³/mol. The SMILES string of the molecule is Cc1ccc(C)c(N(CC(=O)Nc2ccc(OC(F)(F)F)cc2)S(=O)(=O)c2ccccc2)c1. The first-order valence-electron chi connectivity index (χ1n) is 9.76. The van der Waals surface area contributed by atoms with Crippen molar-refractivity contribution in [3.63, 3.8) is 0 Å². The molecule has 0 radical (unpaired) electrons. The normalized spacial score (nSPS) is 11.7. The Labute approximate surface area is 189 Å². The first kappa shape index (κ1) is 24.1. The van der Waals surface area contributed by atoms with Gasteiger partial charge in [-0.3, -0.25) is 9.10 Å². The molecule has 0 unspecified atom stereocenters. The lowest BCUT2D eigenvalue weighted by Gasteiger charge is -2.26. The summed E-state index contributed by atoms with van der Waals surface area (Å²) in [7, 11) is -4.08. The molecular formula is C23H21F3N2O4S. The first-order valence-corrected chi connectivity index (χ1v) is 11.2. The highest BCUT2D eigenvalue weighted by Gasteiger charge is 2.31. The van der Waals surface area contributed by atoms with Crippen molar-refractivity contribution in [3.8, 4) is 5.75 Å². The number of aryl methyl sites for hydroxylation is 2. The maximum absolute atomic E-state index is 13.4. The van der Waals surface area contributed by atoms with Crippen LogP contribution in [0.3, 0.4) is 0 Å². The third-order valence-corrected chi connectivity index (χ3v) is 6.40. The molecule has 1 amide bonds. The van der Waals surface area contributed by atoms with Crippen LogP contribution in [0, 0.1) is 13.8 Å². The second-order valence-corrected chi connectivity index (χ2v) is 9.10. The number of sulfonamides is 1. The molecule has 33 heavy (non-hydrogen) atoms. The van der Waals surface area contributed by atoms with Gasteiger partial charge in [0, 0.05) is 5.69 Å². The van der Waals surface area contributed by atoms with Crippen molar-refractivity contribution in [2.75, 3.05) is 16.2 Å². The van der Waals surface area contributed by atoms with Crippen LogP contribution in [0.15, 0.2) is 77.7 Å². The third-order valence-electron chi connectivity index (χ3n) is 4.62. The summed E-state index contributed by atoms with van der Waals surface area (Å²) in [5.41, 5.74) is 2.00. The Balaban J connectivity index is 1.88. The lowest BCUT2D eigenvalue weighted by atomic mass is 10.1. The monoisotopic (exact) mass is 478 g/mol. The number of ether oxygens (including phenoxy) is 1. The summed E-state index contributed by atoms with van der Waals surface area (Å²) in [4.78, 5) is 12.8. The summed E-state index contributed by atoms with van der Waals surface area (Å²) >= 11 is 0. The highest BCUT2D eigenvalue weighted by molar-refractivity contribution is 7.92. The predicted octanol–water partition coefficient (Wildman–Crippen LogP) is 5.04. The third kappa shape index (κ3) is 6.26. The minimum Gasteiger partial charge on any atom is -0.406 e. The summed E-state index contributed by atoms with van der Waals surface area (Å²) < 4.78 is 68.5. The van der Waals surface area contributed by atoms with E-state index in [0.29, 0.717) is 11.3 Å². The molecule has 1 N–H and O–H groups in total. The van der Waals surface area contributed by atoms with Crippen molar-refractivity contribution in [2.24, 2.45) is 0 Å². The highest BCUT2D eigenvalue weighted by Crippen LogP contribution is 2.28. The Morgan fingerprint density at radius 2 is 1.61 bits per heavy atom. The summed E-state index contributed by atoms with van der Waals surface area (Å²) in [6.07, 6.45) is -4.83. The van der Waals surface area contributed by atoms with E-state index in [0.717, 1.165) is 22.0 Å². The fraction of sp³-hybridized carbons (Fsp3) is 0.174. The van der Waals surface area contributed by atoms with Crippen LogP contribution in [0.4, 0.5) is 24.5 Å². The van der Waals surface area contributed by atoms with Crippen LogP contribution in [0.5, 0.6) is 5.75 Å². The van der Waals surface area contributed by atoms with Gasteiger partial charge >= 0.3 is 6.36 Å². The molecule has 0 aromatic heterocycles. The van der Waals surface area contributed by atoms with Gasteiger partial charge in [-0.1, -0.05) is 30.3 Å². The van der Waals surface area contributed by atoms with Crippen LogP contribution in [-0.2, 0) is 14.8 Å². The zero-order chi connectivity index (χ0) is 24.2. The highest BCUT2D eigenvalue weighted by atomic mass is 32.2. The number of rotatable bonds is 7. The molecular weight excluding hydrogens is 457 g/mol. The molecule has 0 heterocycles. The van der Waals surface area contributed by atoms with Gasteiger partial charge < -0.3 is 10.1 Å². The van der Waals surface area contributed by atoms with Gasteiger partial charge in [0.25, 0.3) is 10.0 Å². The zero-order valence-electron chi connectivity index (χ0n) is 17.8. The summed E-state index contributed by atoms with van der Waals surface area (Å²) in [6, 6.07) is 17.5. The maximum atomic E-state index is 13.4. The molecule has 0 aliphatic rings. The molecule has 3 aromatic rings. The summed E-state index contributed by atoms with van der Waals surface area (Å²) in [5.74, 6) is -1.11. The second kappa shape index (κ2) is 9.53. The van der Waals surface area contributed by atoms with Crippen LogP contribution in [-0.4, -0.2) is 27.2 Å². The van der Waals surface area contributed by atoms with Crippen molar-refractivity contribution in [1.82, 2.24) is 0 Å². The van der Waals surface area contributed by atoms with Gasteiger partial charge in [-0.2, -0.15) is 0 Å². The first-order chi connectivity index (χ1) is 15.5. The Morgan fingerprint density at radius 3 is 2.21 bits per heavy atom. The van der Waals surface area contributed by atoms with Crippen LogP contribution in [0.2, 0.25) is 0 Å². The van der Waals surface area contributed by atoms with E-state index in [9.17, 15) is 26.4 Å². The summed E-state index contributed by atoms with van der Waals surface area (Å²) in [5, 5.41) is 2.51. The number of carbonyl (C=O) groups excluding carboxylic acids is 1. The molecule has 0 saturated heterocycles. The number of anilines is 2. The number of carbonyl (C=O) groups is 1. The van der Waals surface area contributed by atoms with Gasteiger partial charge in [0.05, 0.1) is 10.6 Å². The average molecular weight is 478 g/mol. The molecule has 6 nitrogen and oxygen atoms in total. The van der Waals surface area contributed by atoms with E-state index in [4.69, 9.17) is 0 Å². The Hall–Kier alpha value is -3.53. The Kier molecular flexibility index (Phi) is 6.97. The van der Waals surface area contributed by atoms with E-state index in [1.165, 1.54) is 24.3 Å². The van der Waals surface area contributed by atoms with Crippen molar-refractivity contribution in [2.45, 2.75) is 25.1 Å². The smallest absolute Gasteiger partial charge is 0.406 e. The van der Waals surface area contributed by atoms with Crippen molar-refractivity contribution in [3.05, 3.63) is 83.9 Å².